The van der Waals surface area contributed by atoms with Crippen molar-refractivity contribution in [2.45, 2.75) is 46.6 Å². The normalized spacial score (nSPS) is 20.6. The standard InChI is InChI=1S/C23H30FN3O2/c1-23(2,3)17-8-9-20-18(14-17)21(25-29-20)22(28)27-12-10-26(11-13-27)15-16-6-4-5-7-19(16)24/h4-7,17H,8-15H2,1-3H3. The topological polar surface area (TPSA) is 49.6 Å². The Labute approximate surface area is 171 Å². The fraction of sp³-hybridized carbons (Fsp3) is 0.565. The van der Waals surface area contributed by atoms with Gasteiger partial charge in [-0.2, -0.15) is 0 Å². The first kappa shape index (κ1) is 20.1. The molecule has 29 heavy (non-hydrogen) atoms. The van der Waals surface area contributed by atoms with Gasteiger partial charge in [0.15, 0.2) is 5.69 Å². The van der Waals surface area contributed by atoms with Gasteiger partial charge in [-0.05, 0) is 30.2 Å². The van der Waals surface area contributed by atoms with Gasteiger partial charge in [0.2, 0.25) is 0 Å². The van der Waals surface area contributed by atoms with Crippen molar-refractivity contribution < 1.29 is 13.7 Å². The minimum Gasteiger partial charge on any atom is -0.360 e. The Bertz CT molecular complexity index is 878. The molecular weight excluding hydrogens is 369 g/mol. The van der Waals surface area contributed by atoms with Crippen LogP contribution in [-0.4, -0.2) is 47.0 Å². The van der Waals surface area contributed by atoms with Crippen molar-refractivity contribution in [2.75, 3.05) is 26.2 Å². The molecule has 1 aromatic heterocycles. The molecule has 1 aliphatic carbocycles. The lowest BCUT2D eigenvalue weighted by Gasteiger charge is -2.35. The molecule has 1 amide bonds. The Balaban J connectivity index is 1.40. The van der Waals surface area contributed by atoms with Crippen LogP contribution in [0.3, 0.4) is 0 Å². The van der Waals surface area contributed by atoms with Crippen molar-refractivity contribution in [1.82, 2.24) is 15.0 Å². The Morgan fingerprint density at radius 1 is 1.21 bits per heavy atom. The summed E-state index contributed by atoms with van der Waals surface area (Å²) in [6.07, 6.45) is 2.79. The predicted molar refractivity (Wildman–Crippen MR) is 109 cm³/mol. The summed E-state index contributed by atoms with van der Waals surface area (Å²) >= 11 is 0. The van der Waals surface area contributed by atoms with E-state index in [-0.39, 0.29) is 17.1 Å². The number of hydrogen-bond acceptors (Lipinski definition) is 4. The first-order valence-electron chi connectivity index (χ1n) is 10.6. The molecule has 1 aromatic carbocycles. The first-order chi connectivity index (χ1) is 13.8. The number of aryl methyl sites for hydroxylation is 1. The average molecular weight is 400 g/mol. The zero-order valence-electron chi connectivity index (χ0n) is 17.6. The van der Waals surface area contributed by atoms with E-state index in [0.29, 0.717) is 36.8 Å². The number of amides is 1. The Morgan fingerprint density at radius 2 is 1.93 bits per heavy atom. The van der Waals surface area contributed by atoms with E-state index in [0.717, 1.165) is 43.7 Å². The number of carbonyl (C=O) groups is 1. The largest absolute Gasteiger partial charge is 0.360 e. The van der Waals surface area contributed by atoms with Crippen LogP contribution in [0, 0.1) is 17.2 Å². The lowest BCUT2D eigenvalue weighted by Crippen LogP contribution is -2.48. The summed E-state index contributed by atoms with van der Waals surface area (Å²) in [4.78, 5) is 17.2. The van der Waals surface area contributed by atoms with Crippen molar-refractivity contribution in [1.29, 1.82) is 0 Å². The summed E-state index contributed by atoms with van der Waals surface area (Å²) < 4.78 is 19.4. The molecule has 2 heterocycles. The third-order valence-corrected chi connectivity index (χ3v) is 6.48. The number of hydrogen-bond donors (Lipinski definition) is 0. The molecule has 1 fully saturated rings. The number of benzene rings is 1. The van der Waals surface area contributed by atoms with Gasteiger partial charge in [-0.15, -0.1) is 0 Å². The Morgan fingerprint density at radius 3 is 2.62 bits per heavy atom. The smallest absolute Gasteiger partial charge is 0.276 e. The van der Waals surface area contributed by atoms with E-state index in [4.69, 9.17) is 4.52 Å². The number of fused-ring (bicyclic) bond motifs is 1. The maximum Gasteiger partial charge on any atom is 0.276 e. The molecule has 1 unspecified atom stereocenters. The summed E-state index contributed by atoms with van der Waals surface area (Å²) in [6, 6.07) is 6.88. The van der Waals surface area contributed by atoms with Gasteiger partial charge in [0.25, 0.3) is 5.91 Å². The summed E-state index contributed by atoms with van der Waals surface area (Å²) in [5, 5.41) is 4.16. The highest BCUT2D eigenvalue weighted by molar-refractivity contribution is 5.94. The quantitative estimate of drug-likeness (QED) is 0.785. The molecule has 0 spiro atoms. The highest BCUT2D eigenvalue weighted by Crippen LogP contribution is 2.38. The van der Waals surface area contributed by atoms with E-state index in [1.54, 1.807) is 6.07 Å². The first-order valence-corrected chi connectivity index (χ1v) is 10.6. The van der Waals surface area contributed by atoms with Gasteiger partial charge < -0.3 is 9.42 Å². The third kappa shape index (κ3) is 4.22. The molecule has 2 aliphatic rings. The Hall–Kier alpha value is -2.21. The van der Waals surface area contributed by atoms with Gasteiger partial charge in [-0.3, -0.25) is 9.69 Å². The second-order valence-corrected chi connectivity index (χ2v) is 9.40. The molecule has 0 saturated carbocycles. The van der Waals surface area contributed by atoms with Crippen LogP contribution in [0.15, 0.2) is 28.8 Å². The average Bonchev–Trinajstić information content (AvgIpc) is 3.12. The fourth-order valence-electron chi connectivity index (χ4n) is 4.44. The molecule has 1 atom stereocenters. The zero-order chi connectivity index (χ0) is 20.6. The number of aromatic nitrogens is 1. The molecule has 0 radical (unpaired) electrons. The molecule has 6 heteroatoms. The van der Waals surface area contributed by atoms with Crippen molar-refractivity contribution in [3.8, 4) is 0 Å². The van der Waals surface area contributed by atoms with Crippen molar-refractivity contribution >= 4 is 5.91 Å². The van der Waals surface area contributed by atoms with Gasteiger partial charge >= 0.3 is 0 Å². The van der Waals surface area contributed by atoms with E-state index in [9.17, 15) is 9.18 Å². The summed E-state index contributed by atoms with van der Waals surface area (Å²) in [7, 11) is 0. The van der Waals surface area contributed by atoms with Crippen LogP contribution in [0.4, 0.5) is 4.39 Å². The summed E-state index contributed by atoms with van der Waals surface area (Å²) in [5.74, 6) is 1.20. The predicted octanol–water partition coefficient (Wildman–Crippen LogP) is 3.92. The van der Waals surface area contributed by atoms with Crippen molar-refractivity contribution in [3.63, 3.8) is 0 Å². The van der Waals surface area contributed by atoms with Crippen molar-refractivity contribution in [3.05, 3.63) is 52.7 Å². The van der Waals surface area contributed by atoms with E-state index in [1.165, 1.54) is 6.07 Å². The number of nitrogens with zero attached hydrogens (tertiary/aromatic N) is 3. The van der Waals surface area contributed by atoms with Crippen LogP contribution in [0.2, 0.25) is 0 Å². The molecule has 156 valence electrons. The van der Waals surface area contributed by atoms with Crippen molar-refractivity contribution in [2.24, 2.45) is 11.3 Å². The molecule has 5 nitrogen and oxygen atoms in total. The highest BCUT2D eigenvalue weighted by atomic mass is 19.1. The SMILES string of the molecule is CC(C)(C)C1CCc2onc(C(=O)N3CCN(Cc4ccccc4F)CC3)c2C1. The number of rotatable bonds is 3. The maximum atomic E-state index is 13.9. The maximum absolute atomic E-state index is 13.9. The minimum atomic E-state index is -0.173. The fourth-order valence-corrected chi connectivity index (χ4v) is 4.44. The van der Waals surface area contributed by atoms with Crippen LogP contribution in [0.5, 0.6) is 0 Å². The Kier molecular flexibility index (Phi) is 5.47. The lowest BCUT2D eigenvalue weighted by molar-refractivity contribution is 0.0615. The third-order valence-electron chi connectivity index (χ3n) is 6.48. The van der Waals surface area contributed by atoms with E-state index < -0.39 is 0 Å². The second-order valence-electron chi connectivity index (χ2n) is 9.40. The van der Waals surface area contributed by atoms with Gasteiger partial charge in [-0.1, -0.05) is 44.1 Å². The summed E-state index contributed by atoms with van der Waals surface area (Å²) in [5.41, 5.74) is 2.41. The van der Waals surface area contributed by atoms with Gasteiger partial charge in [-0.25, -0.2) is 4.39 Å². The highest BCUT2D eigenvalue weighted by Gasteiger charge is 2.35. The molecule has 2 aromatic rings. The summed E-state index contributed by atoms with van der Waals surface area (Å²) in [6.45, 7) is 10.0. The van der Waals surface area contributed by atoms with Crippen LogP contribution in [0.25, 0.3) is 0 Å². The van der Waals surface area contributed by atoms with E-state index in [2.05, 4.69) is 30.8 Å². The second kappa shape index (κ2) is 7.90. The van der Waals surface area contributed by atoms with Gasteiger partial charge in [0.1, 0.15) is 11.6 Å². The molecular formula is C23H30FN3O2. The van der Waals surface area contributed by atoms with Crippen LogP contribution < -0.4 is 0 Å². The molecule has 0 N–H and O–H groups in total. The minimum absolute atomic E-state index is 0.0323. The van der Waals surface area contributed by atoms with Gasteiger partial charge in [0, 0.05) is 50.3 Å². The van der Waals surface area contributed by atoms with Crippen LogP contribution in [-0.2, 0) is 19.4 Å². The molecule has 1 aliphatic heterocycles. The molecule has 0 bridgehead atoms. The van der Waals surface area contributed by atoms with E-state index in [1.807, 2.05) is 17.0 Å². The van der Waals surface area contributed by atoms with Crippen LogP contribution in [0.1, 0.15) is 54.6 Å². The number of carbonyl (C=O) groups excluding carboxylic acids is 1. The van der Waals surface area contributed by atoms with Crippen LogP contribution >= 0.6 is 0 Å². The zero-order valence-corrected chi connectivity index (χ0v) is 17.6. The number of halogens is 1. The number of piperazine rings is 1. The van der Waals surface area contributed by atoms with E-state index >= 15 is 0 Å². The lowest BCUT2D eigenvalue weighted by atomic mass is 9.71. The molecule has 4 rings (SSSR count). The van der Waals surface area contributed by atoms with Gasteiger partial charge in [0.05, 0.1) is 0 Å². The monoisotopic (exact) mass is 399 g/mol. The molecule has 1 saturated heterocycles.